The van der Waals surface area contributed by atoms with Gasteiger partial charge >= 0.3 is 0 Å². The lowest BCUT2D eigenvalue weighted by atomic mass is 10.9. The molecule has 0 saturated heterocycles. The molecule has 0 spiro atoms. The van der Waals surface area contributed by atoms with Gasteiger partial charge in [0.05, 0.1) is 0 Å². The van der Waals surface area contributed by atoms with Crippen molar-refractivity contribution in [3.63, 3.8) is 0 Å². The van der Waals surface area contributed by atoms with Gasteiger partial charge in [-0.1, -0.05) is 0 Å². The molecule has 1 N–H and O–H groups in total. The van der Waals surface area contributed by atoms with E-state index in [4.69, 9.17) is 5.11 Å². The average Bonchev–Trinajstić information content (AvgIpc) is 1.41. The van der Waals surface area contributed by atoms with E-state index in [9.17, 15) is 0 Å². The highest BCUT2D eigenvalue weighted by molar-refractivity contribution is 4.13. The molecule has 0 fully saturated rings. The van der Waals surface area contributed by atoms with Crippen molar-refractivity contribution in [1.29, 1.82) is 0 Å². The zero-order chi connectivity index (χ0) is 4.12. The van der Waals surface area contributed by atoms with Crippen LogP contribution in [0.3, 0.4) is 0 Å². The Morgan fingerprint density at radius 3 is 2.60 bits per heavy atom. The quantitative estimate of drug-likeness (QED) is 0.513. The van der Waals surface area contributed by atoms with Gasteiger partial charge in [-0.25, -0.2) is 0 Å². The van der Waals surface area contributed by atoms with Crippen molar-refractivity contribution in [2.75, 3.05) is 6.61 Å². The van der Waals surface area contributed by atoms with E-state index < -0.39 is 0 Å². The lowest BCUT2D eigenvalue weighted by Gasteiger charge is -1.81. The second-order valence-electron chi connectivity index (χ2n) is 0.524. The van der Waals surface area contributed by atoms with E-state index in [-0.39, 0.29) is 0 Å². The summed E-state index contributed by atoms with van der Waals surface area (Å²) in [6, 6.07) is 0. The molecule has 2 heteroatoms. The van der Waals surface area contributed by atoms with Crippen LogP contribution < -0.4 is 0 Å². The molecule has 0 heterocycles. The molecule has 0 amide bonds. The Morgan fingerprint density at radius 1 is 2.00 bits per heavy atom. The van der Waals surface area contributed by atoms with Gasteiger partial charge in [-0.2, -0.15) is 0 Å². The molecule has 0 aliphatic carbocycles. The van der Waals surface area contributed by atoms with Crippen LogP contribution in [0.2, 0.25) is 0 Å². The molecule has 0 aliphatic rings. The summed E-state index contributed by atoms with van der Waals surface area (Å²) in [5.41, 5.74) is 0. The Labute approximate surface area is 31.4 Å². The third-order valence-electron chi connectivity index (χ3n) is 0.209. The summed E-state index contributed by atoms with van der Waals surface area (Å²) >= 11 is 0. The second-order valence-corrected chi connectivity index (χ2v) is 0.524. The van der Waals surface area contributed by atoms with E-state index in [1.807, 2.05) is 0 Å². The Morgan fingerprint density at radius 2 is 2.60 bits per heavy atom. The summed E-state index contributed by atoms with van der Waals surface area (Å²) in [5.74, 6) is 0. The predicted octanol–water partition coefficient (Wildman–Crippen LogP) is 0.392. The van der Waals surface area contributed by atoms with E-state index in [0.29, 0.717) is 6.61 Å². The van der Waals surface area contributed by atoms with Crippen molar-refractivity contribution in [1.82, 2.24) is 0 Å². The van der Waals surface area contributed by atoms with Crippen molar-refractivity contribution in [2.24, 2.45) is 0 Å². The Bertz CT molecular complexity index is 12.4. The zero-order valence-corrected chi connectivity index (χ0v) is 3.06. The first-order valence-corrected chi connectivity index (χ1v) is 1.42. The average molecular weight is 74.1 g/mol. The maximum absolute atomic E-state index is 7.59. The summed E-state index contributed by atoms with van der Waals surface area (Å²) < 4.78 is 4.14. The van der Waals surface area contributed by atoms with Gasteiger partial charge in [-0.3, -0.25) is 0 Å². The van der Waals surface area contributed by atoms with Crippen molar-refractivity contribution >= 4 is 0 Å². The number of hydrogen-bond donors (Lipinski definition) is 1. The molecule has 2 nitrogen and oxygen atoms in total. The van der Waals surface area contributed by atoms with Crippen LogP contribution in [-0.4, -0.2) is 11.7 Å². The largest absolute Gasteiger partial charge is 0.357 e. The molecule has 5 heavy (non-hydrogen) atoms. The van der Waals surface area contributed by atoms with Crippen LogP contribution in [-0.2, 0) is 4.74 Å². The number of ether oxygens (including phenoxy) is 1. The van der Waals surface area contributed by atoms with Crippen molar-refractivity contribution < 1.29 is 9.84 Å². The molecule has 2 radical (unpaired) electrons. The van der Waals surface area contributed by atoms with Gasteiger partial charge in [-0.05, 0) is 6.92 Å². The van der Waals surface area contributed by atoms with Gasteiger partial charge in [0.2, 0.25) is 0 Å². The number of rotatable bonds is 2. The lowest BCUT2D eigenvalue weighted by molar-refractivity contribution is 0.0869. The van der Waals surface area contributed by atoms with E-state index in [1.54, 1.807) is 6.92 Å². The minimum Gasteiger partial charge on any atom is -0.357 e. The van der Waals surface area contributed by atoms with Crippen LogP contribution >= 0.6 is 0 Å². The number of aliphatic hydroxyl groups is 1. The van der Waals surface area contributed by atoms with Gasteiger partial charge in [0.15, 0.2) is 0 Å². The maximum atomic E-state index is 7.59. The number of hydrogen-bond acceptors (Lipinski definition) is 2. The SMILES string of the molecule is CCO[C]O. The smallest absolute Gasteiger partial charge is 0.289 e. The van der Waals surface area contributed by atoms with Crippen molar-refractivity contribution in [3.05, 3.63) is 6.79 Å². The van der Waals surface area contributed by atoms with Crippen LogP contribution in [0.4, 0.5) is 0 Å². The summed E-state index contributed by atoms with van der Waals surface area (Å²) in [5, 5.41) is 7.59. The van der Waals surface area contributed by atoms with Crippen LogP contribution in [0.25, 0.3) is 0 Å². The van der Waals surface area contributed by atoms with E-state index in [1.165, 1.54) is 6.79 Å². The molecule has 0 saturated carbocycles. The van der Waals surface area contributed by atoms with Crippen molar-refractivity contribution in [3.8, 4) is 0 Å². The third-order valence-corrected chi connectivity index (χ3v) is 0.209. The molecule has 0 aromatic carbocycles. The summed E-state index contributed by atoms with van der Waals surface area (Å²) in [7, 11) is 0. The first-order valence-electron chi connectivity index (χ1n) is 1.42. The normalized spacial score (nSPS) is 8.40. The Kier molecular flexibility index (Phi) is 3.86. The molecule has 0 aliphatic heterocycles. The Hall–Kier alpha value is -0.0800. The van der Waals surface area contributed by atoms with E-state index in [0.717, 1.165) is 0 Å². The van der Waals surface area contributed by atoms with Crippen LogP contribution in [0.5, 0.6) is 0 Å². The van der Waals surface area contributed by atoms with Crippen LogP contribution in [0.15, 0.2) is 0 Å². The second kappa shape index (κ2) is 3.92. The van der Waals surface area contributed by atoms with Crippen LogP contribution in [0.1, 0.15) is 6.92 Å². The molecule has 0 unspecified atom stereocenters. The Balaban J connectivity index is 2.19. The highest BCUT2D eigenvalue weighted by Gasteiger charge is 1.69. The fourth-order valence-corrected chi connectivity index (χ4v) is 0.0645. The summed E-state index contributed by atoms with van der Waals surface area (Å²) in [6.07, 6.45) is 0. The first-order chi connectivity index (χ1) is 2.41. The molecule has 0 bridgehead atoms. The molecule has 0 aromatic heterocycles. The highest BCUT2D eigenvalue weighted by atomic mass is 16.6. The van der Waals surface area contributed by atoms with Gasteiger partial charge in [0, 0.05) is 6.61 Å². The van der Waals surface area contributed by atoms with E-state index in [2.05, 4.69) is 4.74 Å². The molecular weight excluding hydrogens is 68.0 g/mol. The molecule has 0 aromatic rings. The monoisotopic (exact) mass is 74.0 g/mol. The first kappa shape index (κ1) is 4.92. The standard InChI is InChI=1S/C3H6O2/c1-2-5-3-4/h4H,2H2,1H3. The van der Waals surface area contributed by atoms with Gasteiger partial charge in [0.1, 0.15) is 0 Å². The van der Waals surface area contributed by atoms with E-state index >= 15 is 0 Å². The van der Waals surface area contributed by atoms with Gasteiger partial charge in [0.25, 0.3) is 6.79 Å². The maximum Gasteiger partial charge on any atom is 0.289 e. The fourth-order valence-electron chi connectivity index (χ4n) is 0.0645. The number of aliphatic hydroxyl groups excluding tert-OH is 1. The third kappa shape index (κ3) is 3.92. The summed E-state index contributed by atoms with van der Waals surface area (Å²) in [6.45, 7) is 3.77. The van der Waals surface area contributed by atoms with Gasteiger partial charge < -0.3 is 9.84 Å². The minimum absolute atomic E-state index is 0.483. The molecule has 0 atom stereocenters. The van der Waals surface area contributed by atoms with Crippen LogP contribution in [0, 0.1) is 6.79 Å². The topological polar surface area (TPSA) is 29.5 Å². The molecule has 30 valence electrons. The lowest BCUT2D eigenvalue weighted by Crippen LogP contribution is -1.80. The fraction of sp³-hybridized carbons (Fsp3) is 0.667. The molecular formula is C3H6O2. The summed E-state index contributed by atoms with van der Waals surface area (Å²) in [4.78, 5) is 0. The van der Waals surface area contributed by atoms with Crippen molar-refractivity contribution in [2.45, 2.75) is 6.92 Å². The minimum atomic E-state index is 0.483. The highest BCUT2D eigenvalue weighted by Crippen LogP contribution is 1.68. The van der Waals surface area contributed by atoms with Gasteiger partial charge in [-0.15, -0.1) is 0 Å². The zero-order valence-electron chi connectivity index (χ0n) is 3.06. The molecule has 0 rings (SSSR count). The predicted molar refractivity (Wildman–Crippen MR) is 16.8 cm³/mol.